The van der Waals surface area contributed by atoms with Gasteiger partial charge in [-0.1, -0.05) is 41.9 Å². The van der Waals surface area contributed by atoms with Crippen LogP contribution in [0.15, 0.2) is 59.5 Å². The minimum Gasteiger partial charge on any atom is -0.343 e. The first-order valence-electron chi connectivity index (χ1n) is 5.49. The molecule has 92 valence electrons. The van der Waals surface area contributed by atoms with E-state index in [1.807, 2.05) is 42.5 Å². The molecule has 0 bridgehead atoms. The quantitative estimate of drug-likeness (QED) is 0.846. The average Bonchev–Trinajstić information content (AvgIpc) is 2.40. The zero-order valence-electron chi connectivity index (χ0n) is 9.60. The summed E-state index contributed by atoms with van der Waals surface area (Å²) in [6, 6.07) is 17.0. The van der Waals surface area contributed by atoms with Gasteiger partial charge >= 0.3 is 0 Å². The van der Waals surface area contributed by atoms with Crippen molar-refractivity contribution in [3.63, 3.8) is 0 Å². The molecule has 4 heteroatoms. The number of rotatable bonds is 3. The smallest absolute Gasteiger partial charge is 0.284 e. The van der Waals surface area contributed by atoms with Crippen molar-refractivity contribution in [3.05, 3.63) is 65.2 Å². The number of hydrogen-bond donors (Lipinski definition) is 1. The highest BCUT2D eigenvalue weighted by Crippen LogP contribution is 2.20. The van der Waals surface area contributed by atoms with Gasteiger partial charge in [-0.2, -0.15) is 0 Å². The summed E-state index contributed by atoms with van der Waals surface area (Å²) in [4.78, 5) is 12.6. The Balaban J connectivity index is 1.84. The van der Waals surface area contributed by atoms with Gasteiger partial charge in [-0.15, -0.1) is 0 Å². The molecule has 2 aromatic carbocycles. The third-order valence-corrected chi connectivity index (χ3v) is 3.39. The van der Waals surface area contributed by atoms with Gasteiger partial charge in [0.15, 0.2) is 0 Å². The molecule has 0 saturated carbocycles. The van der Waals surface area contributed by atoms with Gasteiger partial charge in [0, 0.05) is 16.5 Å². The molecule has 2 nitrogen and oxygen atoms in total. The van der Waals surface area contributed by atoms with Gasteiger partial charge in [-0.25, -0.2) is 0 Å². The van der Waals surface area contributed by atoms with E-state index in [0.29, 0.717) is 11.6 Å². The average molecular weight is 278 g/mol. The van der Waals surface area contributed by atoms with Crippen molar-refractivity contribution < 1.29 is 4.79 Å². The zero-order valence-corrected chi connectivity index (χ0v) is 11.2. The molecule has 0 atom stereocenters. The molecule has 2 rings (SSSR count). The Labute approximate surface area is 115 Å². The predicted molar refractivity (Wildman–Crippen MR) is 76.0 cm³/mol. The van der Waals surface area contributed by atoms with Crippen molar-refractivity contribution in [3.8, 4) is 0 Å². The van der Waals surface area contributed by atoms with Crippen LogP contribution in [0.4, 0.5) is 4.79 Å². The molecule has 1 amide bonds. The Bertz CT molecular complexity index is 513. The minimum absolute atomic E-state index is 0.0684. The van der Waals surface area contributed by atoms with Crippen LogP contribution >= 0.6 is 23.4 Å². The van der Waals surface area contributed by atoms with Crippen molar-refractivity contribution in [2.75, 3.05) is 0 Å². The van der Waals surface area contributed by atoms with Crippen molar-refractivity contribution in [2.45, 2.75) is 11.4 Å². The van der Waals surface area contributed by atoms with Gasteiger partial charge in [0.2, 0.25) is 0 Å². The van der Waals surface area contributed by atoms with Crippen LogP contribution in [0.1, 0.15) is 5.56 Å². The van der Waals surface area contributed by atoms with E-state index in [1.165, 1.54) is 0 Å². The summed E-state index contributed by atoms with van der Waals surface area (Å²) in [6.45, 7) is 0.542. The highest BCUT2D eigenvalue weighted by atomic mass is 35.5. The standard InChI is InChI=1S/C14H12ClNOS/c15-12-6-8-13(9-7-12)18-14(17)16-10-11-4-2-1-3-5-11/h1-9H,10H2,(H,16,17). The maximum atomic E-state index is 11.7. The van der Waals surface area contributed by atoms with Crippen LogP contribution in [0.3, 0.4) is 0 Å². The lowest BCUT2D eigenvalue weighted by molar-refractivity contribution is 0.260. The number of amides is 1. The summed E-state index contributed by atoms with van der Waals surface area (Å²) < 4.78 is 0. The van der Waals surface area contributed by atoms with Gasteiger partial charge in [-0.05, 0) is 41.6 Å². The summed E-state index contributed by atoms with van der Waals surface area (Å²) in [5, 5.41) is 3.46. The molecule has 0 aliphatic carbocycles. The molecule has 0 fully saturated rings. The molecule has 0 aliphatic heterocycles. The Morgan fingerprint density at radius 1 is 1.06 bits per heavy atom. The largest absolute Gasteiger partial charge is 0.343 e. The first-order chi connectivity index (χ1) is 8.74. The van der Waals surface area contributed by atoms with Crippen molar-refractivity contribution in [1.82, 2.24) is 5.32 Å². The normalized spacial score (nSPS) is 10.1. The van der Waals surface area contributed by atoms with Crippen LogP contribution < -0.4 is 5.32 Å². The Hall–Kier alpha value is -1.45. The molecule has 0 radical (unpaired) electrons. The van der Waals surface area contributed by atoms with Crippen LogP contribution in [-0.2, 0) is 6.54 Å². The number of hydrogen-bond acceptors (Lipinski definition) is 2. The van der Waals surface area contributed by atoms with E-state index in [2.05, 4.69) is 5.32 Å². The Kier molecular flexibility index (Phi) is 4.67. The molecular weight excluding hydrogens is 266 g/mol. The highest BCUT2D eigenvalue weighted by molar-refractivity contribution is 8.13. The highest BCUT2D eigenvalue weighted by Gasteiger charge is 2.03. The second-order valence-electron chi connectivity index (χ2n) is 3.68. The van der Waals surface area contributed by atoms with E-state index in [-0.39, 0.29) is 5.24 Å². The van der Waals surface area contributed by atoms with Crippen LogP contribution in [0.25, 0.3) is 0 Å². The van der Waals surface area contributed by atoms with Gasteiger partial charge in [-0.3, -0.25) is 4.79 Å². The molecular formula is C14H12ClNOS. The zero-order chi connectivity index (χ0) is 12.8. The van der Waals surface area contributed by atoms with E-state index < -0.39 is 0 Å². The number of benzene rings is 2. The summed E-state index contributed by atoms with van der Waals surface area (Å²) in [5.74, 6) is 0. The molecule has 2 aromatic rings. The third-order valence-electron chi connectivity index (χ3n) is 2.30. The number of carbonyl (C=O) groups is 1. The second kappa shape index (κ2) is 6.47. The van der Waals surface area contributed by atoms with Crippen molar-refractivity contribution in [1.29, 1.82) is 0 Å². The SMILES string of the molecule is O=C(NCc1ccccc1)Sc1ccc(Cl)cc1. The maximum absolute atomic E-state index is 11.7. The lowest BCUT2D eigenvalue weighted by atomic mass is 10.2. The van der Waals surface area contributed by atoms with E-state index in [0.717, 1.165) is 22.2 Å². The van der Waals surface area contributed by atoms with E-state index >= 15 is 0 Å². The summed E-state index contributed by atoms with van der Waals surface area (Å²) in [7, 11) is 0. The number of thioether (sulfide) groups is 1. The molecule has 1 N–H and O–H groups in total. The Morgan fingerprint density at radius 3 is 2.39 bits per heavy atom. The Morgan fingerprint density at radius 2 is 1.72 bits per heavy atom. The lowest BCUT2D eigenvalue weighted by Gasteiger charge is -2.04. The molecule has 0 aliphatic rings. The molecule has 0 unspecified atom stereocenters. The van der Waals surface area contributed by atoms with Crippen molar-refractivity contribution in [2.24, 2.45) is 0 Å². The number of carbonyl (C=O) groups excluding carboxylic acids is 1. The number of nitrogens with one attached hydrogen (secondary N) is 1. The monoisotopic (exact) mass is 277 g/mol. The molecule has 0 spiro atoms. The maximum Gasteiger partial charge on any atom is 0.284 e. The van der Waals surface area contributed by atoms with Gasteiger partial charge in [0.25, 0.3) is 5.24 Å². The van der Waals surface area contributed by atoms with Crippen LogP contribution in [-0.4, -0.2) is 5.24 Å². The lowest BCUT2D eigenvalue weighted by Crippen LogP contribution is -2.17. The fourth-order valence-electron chi connectivity index (χ4n) is 1.42. The molecule has 18 heavy (non-hydrogen) atoms. The van der Waals surface area contributed by atoms with Crippen LogP contribution in [0, 0.1) is 0 Å². The third kappa shape index (κ3) is 4.09. The van der Waals surface area contributed by atoms with E-state index in [9.17, 15) is 4.79 Å². The van der Waals surface area contributed by atoms with Gasteiger partial charge < -0.3 is 5.32 Å². The van der Waals surface area contributed by atoms with Crippen LogP contribution in [0.2, 0.25) is 5.02 Å². The van der Waals surface area contributed by atoms with Gasteiger partial charge in [0.05, 0.1) is 0 Å². The first kappa shape index (κ1) is 13.0. The van der Waals surface area contributed by atoms with E-state index in [4.69, 9.17) is 11.6 Å². The molecule has 0 aromatic heterocycles. The van der Waals surface area contributed by atoms with E-state index in [1.54, 1.807) is 12.1 Å². The molecule has 0 heterocycles. The molecule has 0 saturated heterocycles. The summed E-state index contributed by atoms with van der Waals surface area (Å²) in [6.07, 6.45) is 0. The minimum atomic E-state index is -0.0684. The fourth-order valence-corrected chi connectivity index (χ4v) is 2.17. The summed E-state index contributed by atoms with van der Waals surface area (Å²) >= 11 is 6.94. The van der Waals surface area contributed by atoms with Gasteiger partial charge in [0.1, 0.15) is 0 Å². The second-order valence-corrected chi connectivity index (χ2v) is 5.17. The van der Waals surface area contributed by atoms with Crippen LogP contribution in [0.5, 0.6) is 0 Å². The fraction of sp³-hybridized carbons (Fsp3) is 0.0714. The number of halogens is 1. The predicted octanol–water partition coefficient (Wildman–Crippen LogP) is 4.34. The van der Waals surface area contributed by atoms with Crippen molar-refractivity contribution >= 4 is 28.6 Å². The topological polar surface area (TPSA) is 29.1 Å². The first-order valence-corrected chi connectivity index (χ1v) is 6.68. The summed E-state index contributed by atoms with van der Waals surface area (Å²) in [5.41, 5.74) is 1.09.